The summed E-state index contributed by atoms with van der Waals surface area (Å²) in [5.74, 6) is 1.17. The maximum absolute atomic E-state index is 13.5. The molecule has 6 nitrogen and oxygen atoms in total. The lowest BCUT2D eigenvalue weighted by Crippen LogP contribution is -2.31. The molecule has 0 aliphatic carbocycles. The Balaban J connectivity index is 1.55. The molecule has 0 saturated heterocycles. The maximum Gasteiger partial charge on any atom is 0.258 e. The number of nitrogens with zero attached hydrogens (tertiary/aromatic N) is 1. The van der Waals surface area contributed by atoms with E-state index in [0.29, 0.717) is 49.8 Å². The Kier molecular flexibility index (Phi) is 7.60. The van der Waals surface area contributed by atoms with Crippen LogP contribution in [0.15, 0.2) is 78.9 Å². The molecule has 0 saturated carbocycles. The fourth-order valence-corrected chi connectivity index (χ4v) is 3.72. The highest BCUT2D eigenvalue weighted by molar-refractivity contribution is 6.06. The number of benzene rings is 3. The van der Waals surface area contributed by atoms with Crippen LogP contribution in [-0.2, 0) is 11.2 Å². The van der Waals surface area contributed by atoms with Crippen molar-refractivity contribution < 1.29 is 19.1 Å². The van der Waals surface area contributed by atoms with Gasteiger partial charge in [0.05, 0.1) is 0 Å². The predicted molar refractivity (Wildman–Crippen MR) is 133 cm³/mol. The first-order valence-electron chi connectivity index (χ1n) is 11.4. The van der Waals surface area contributed by atoms with Crippen LogP contribution >= 0.6 is 0 Å². The lowest BCUT2D eigenvalue weighted by atomic mass is 10.1. The molecule has 1 heterocycles. The summed E-state index contributed by atoms with van der Waals surface area (Å²) >= 11 is 0. The number of rotatable bonds is 8. The van der Waals surface area contributed by atoms with Gasteiger partial charge in [-0.25, -0.2) is 0 Å². The summed E-state index contributed by atoms with van der Waals surface area (Å²) in [6, 6.07) is 23.1. The van der Waals surface area contributed by atoms with E-state index in [0.717, 1.165) is 16.8 Å². The molecule has 0 atom stereocenters. The quantitative estimate of drug-likeness (QED) is 0.542. The summed E-state index contributed by atoms with van der Waals surface area (Å²) in [7, 11) is 0. The molecule has 1 aliphatic rings. The Bertz CT molecular complexity index is 1160. The molecule has 6 heteroatoms. The molecule has 0 spiro atoms. The number of hydrogen-bond donors (Lipinski definition) is 1. The van der Waals surface area contributed by atoms with Crippen molar-refractivity contribution in [2.75, 3.05) is 31.2 Å². The second-order valence-electron chi connectivity index (χ2n) is 7.99. The minimum atomic E-state index is -0.109. The van der Waals surface area contributed by atoms with Gasteiger partial charge in [-0.2, -0.15) is 0 Å². The van der Waals surface area contributed by atoms with Crippen LogP contribution in [0.2, 0.25) is 0 Å². The minimum Gasteiger partial charge on any atom is -0.486 e. The van der Waals surface area contributed by atoms with Gasteiger partial charge in [-0.1, -0.05) is 54.6 Å². The van der Waals surface area contributed by atoms with E-state index in [9.17, 15) is 9.59 Å². The first-order chi connectivity index (χ1) is 16.6. The van der Waals surface area contributed by atoms with Crippen molar-refractivity contribution in [3.05, 3.63) is 95.6 Å². The normalized spacial score (nSPS) is 12.4. The zero-order valence-corrected chi connectivity index (χ0v) is 19.2. The average Bonchev–Trinajstić information content (AvgIpc) is 2.87. The Morgan fingerprint density at radius 1 is 0.941 bits per heavy atom. The molecule has 174 valence electrons. The molecule has 0 unspecified atom stereocenters. The van der Waals surface area contributed by atoms with E-state index < -0.39 is 0 Å². The summed E-state index contributed by atoms with van der Waals surface area (Å²) in [5.41, 5.74) is 3.45. The smallest absolute Gasteiger partial charge is 0.258 e. The third kappa shape index (κ3) is 6.04. The zero-order chi connectivity index (χ0) is 23.8. The number of carbonyl (C=O) groups excluding carboxylic acids is 2. The zero-order valence-electron chi connectivity index (χ0n) is 19.2. The molecule has 3 aromatic carbocycles. The number of fused-ring (bicyclic) bond motifs is 1. The van der Waals surface area contributed by atoms with Gasteiger partial charge in [0, 0.05) is 37.3 Å². The number of ether oxygens (including phenoxy) is 2. The van der Waals surface area contributed by atoms with Crippen LogP contribution in [0.3, 0.4) is 0 Å². The largest absolute Gasteiger partial charge is 0.486 e. The Hall–Kier alpha value is -4.06. The highest BCUT2D eigenvalue weighted by Gasteiger charge is 2.20. The summed E-state index contributed by atoms with van der Waals surface area (Å²) in [4.78, 5) is 26.3. The first kappa shape index (κ1) is 23.1. The van der Waals surface area contributed by atoms with E-state index in [2.05, 4.69) is 5.32 Å². The first-order valence-corrected chi connectivity index (χ1v) is 11.4. The van der Waals surface area contributed by atoms with Crippen molar-refractivity contribution in [1.29, 1.82) is 0 Å². The summed E-state index contributed by atoms with van der Waals surface area (Å²) in [5, 5.41) is 2.79. The second kappa shape index (κ2) is 11.2. The fraction of sp³-hybridized carbons (Fsp3) is 0.214. The van der Waals surface area contributed by atoms with Gasteiger partial charge >= 0.3 is 0 Å². The number of hydrogen-bond acceptors (Lipinski definition) is 4. The number of anilines is 1. The van der Waals surface area contributed by atoms with Gasteiger partial charge < -0.3 is 19.7 Å². The van der Waals surface area contributed by atoms with Crippen molar-refractivity contribution in [3.8, 4) is 11.5 Å². The van der Waals surface area contributed by atoms with E-state index in [1.807, 2.05) is 84.9 Å². The van der Waals surface area contributed by atoms with Gasteiger partial charge in [0.2, 0.25) is 5.91 Å². The number of amides is 2. The van der Waals surface area contributed by atoms with Gasteiger partial charge in [0.15, 0.2) is 11.5 Å². The second-order valence-corrected chi connectivity index (χ2v) is 7.99. The molecule has 0 fully saturated rings. The van der Waals surface area contributed by atoms with E-state index >= 15 is 0 Å². The summed E-state index contributed by atoms with van der Waals surface area (Å²) in [6.07, 6.45) is 4.69. The Morgan fingerprint density at radius 2 is 1.68 bits per heavy atom. The summed E-state index contributed by atoms with van der Waals surface area (Å²) < 4.78 is 11.4. The highest BCUT2D eigenvalue weighted by Crippen LogP contribution is 2.34. The standard InChI is InChI=1S/C28H28N2O4/c1-21(31)29-16-15-23-9-11-24(12-10-23)28(32)30(17-5-8-22-6-3-2-4-7-22)25-13-14-26-27(20-25)34-19-18-33-26/h2-14,20H,15-19H2,1H3,(H,29,31)/b8-5-. The third-order valence-electron chi connectivity index (χ3n) is 5.47. The van der Waals surface area contributed by atoms with Crippen LogP contribution in [0.1, 0.15) is 28.4 Å². The molecule has 34 heavy (non-hydrogen) atoms. The molecule has 1 aliphatic heterocycles. The van der Waals surface area contributed by atoms with E-state index in [1.54, 1.807) is 4.90 Å². The third-order valence-corrected chi connectivity index (χ3v) is 5.47. The Morgan fingerprint density at radius 3 is 2.41 bits per heavy atom. The van der Waals surface area contributed by atoms with Crippen LogP contribution in [0.5, 0.6) is 11.5 Å². The molecule has 0 bridgehead atoms. The van der Waals surface area contributed by atoms with Gasteiger partial charge in [-0.05, 0) is 41.8 Å². The van der Waals surface area contributed by atoms with Gasteiger partial charge in [-0.3, -0.25) is 9.59 Å². The predicted octanol–water partition coefficient (Wildman–Crippen LogP) is 4.50. The van der Waals surface area contributed by atoms with Crippen LogP contribution in [0, 0.1) is 0 Å². The topological polar surface area (TPSA) is 67.9 Å². The van der Waals surface area contributed by atoms with Crippen molar-refractivity contribution in [3.63, 3.8) is 0 Å². The Labute approximate surface area is 199 Å². The summed E-state index contributed by atoms with van der Waals surface area (Å²) in [6.45, 7) is 3.47. The molecular formula is C28H28N2O4. The molecule has 4 rings (SSSR count). The molecule has 3 aromatic rings. The van der Waals surface area contributed by atoms with Crippen molar-refractivity contribution in [2.45, 2.75) is 13.3 Å². The lowest BCUT2D eigenvalue weighted by Gasteiger charge is -2.25. The van der Waals surface area contributed by atoms with Crippen LogP contribution in [0.4, 0.5) is 5.69 Å². The van der Waals surface area contributed by atoms with Crippen LogP contribution in [-0.4, -0.2) is 38.1 Å². The fourth-order valence-electron chi connectivity index (χ4n) is 3.72. The van der Waals surface area contributed by atoms with Crippen molar-refractivity contribution >= 4 is 23.6 Å². The van der Waals surface area contributed by atoms with Gasteiger partial charge in [-0.15, -0.1) is 0 Å². The lowest BCUT2D eigenvalue weighted by molar-refractivity contribution is -0.118. The van der Waals surface area contributed by atoms with E-state index in [4.69, 9.17) is 9.47 Å². The van der Waals surface area contributed by atoms with Crippen LogP contribution in [0.25, 0.3) is 6.08 Å². The molecule has 0 radical (unpaired) electrons. The SMILES string of the molecule is CC(=O)NCCc1ccc(C(=O)N(C/C=C\c2ccccc2)c2ccc3c(c2)OCCO3)cc1. The van der Waals surface area contributed by atoms with Crippen molar-refractivity contribution in [2.24, 2.45) is 0 Å². The molecule has 0 aromatic heterocycles. The van der Waals surface area contributed by atoms with Gasteiger partial charge in [0.25, 0.3) is 5.91 Å². The van der Waals surface area contributed by atoms with E-state index in [-0.39, 0.29) is 11.8 Å². The number of nitrogens with one attached hydrogen (secondary N) is 1. The monoisotopic (exact) mass is 456 g/mol. The minimum absolute atomic E-state index is 0.0505. The van der Waals surface area contributed by atoms with Gasteiger partial charge in [0.1, 0.15) is 13.2 Å². The van der Waals surface area contributed by atoms with Crippen molar-refractivity contribution in [1.82, 2.24) is 5.32 Å². The molecule has 1 N–H and O–H groups in total. The molecular weight excluding hydrogens is 428 g/mol. The van der Waals surface area contributed by atoms with Crippen LogP contribution < -0.4 is 19.7 Å². The highest BCUT2D eigenvalue weighted by atomic mass is 16.6. The average molecular weight is 457 g/mol. The number of carbonyl (C=O) groups is 2. The molecule has 2 amide bonds. The van der Waals surface area contributed by atoms with E-state index in [1.165, 1.54) is 6.92 Å². The maximum atomic E-state index is 13.5.